The third-order valence-electron chi connectivity index (χ3n) is 4.17. The minimum atomic E-state index is -4.93. The molecular weight excluding hydrogens is 366 g/mol. The molecule has 0 aliphatic carbocycles. The van der Waals surface area contributed by atoms with Crippen LogP contribution in [0, 0.1) is 5.92 Å². The Hall–Kier alpha value is -2.26. The minimum Gasteiger partial charge on any atom is -0.352 e. The third kappa shape index (κ3) is 4.89. The summed E-state index contributed by atoms with van der Waals surface area (Å²) >= 11 is 0. The molecule has 1 saturated heterocycles. The van der Waals surface area contributed by atoms with Gasteiger partial charge in [0.1, 0.15) is 0 Å². The Morgan fingerprint density at radius 3 is 2.15 bits per heavy atom. The van der Waals surface area contributed by atoms with E-state index in [1.165, 1.54) is 12.1 Å². The number of halogens is 6. The summed E-state index contributed by atoms with van der Waals surface area (Å²) in [5, 5.41) is 2.39. The molecule has 2 rings (SSSR count). The molecule has 1 aliphatic heterocycles. The largest absolute Gasteiger partial charge is 0.471 e. The molecule has 0 radical (unpaired) electrons. The van der Waals surface area contributed by atoms with Crippen molar-refractivity contribution >= 4 is 11.8 Å². The highest BCUT2D eigenvalue weighted by Crippen LogP contribution is 2.32. The Balaban J connectivity index is 1.90. The highest BCUT2D eigenvalue weighted by molar-refractivity contribution is 5.95. The molecule has 1 heterocycles. The summed E-state index contributed by atoms with van der Waals surface area (Å²) in [7, 11) is 0. The van der Waals surface area contributed by atoms with Crippen molar-refractivity contribution in [2.45, 2.75) is 25.2 Å². The molecule has 144 valence electrons. The molecule has 1 fully saturated rings. The van der Waals surface area contributed by atoms with Crippen LogP contribution in [0.3, 0.4) is 0 Å². The molecule has 0 spiro atoms. The standard InChI is InChI=1S/C16H16F6N2O2/c17-15(18,19)12-4-2-1-3-11(12)13(25)23-9-10-5-7-24(8-6-10)14(26)16(20,21)22/h1-4,10H,5-9H2,(H,23,25). The van der Waals surface area contributed by atoms with E-state index in [2.05, 4.69) is 5.32 Å². The molecule has 0 aromatic heterocycles. The van der Waals surface area contributed by atoms with Crippen molar-refractivity contribution in [3.63, 3.8) is 0 Å². The van der Waals surface area contributed by atoms with E-state index in [0.717, 1.165) is 12.1 Å². The first kappa shape index (κ1) is 20.1. The Morgan fingerprint density at radius 2 is 1.62 bits per heavy atom. The van der Waals surface area contributed by atoms with Gasteiger partial charge in [-0.25, -0.2) is 0 Å². The predicted octanol–water partition coefficient (Wildman–Crippen LogP) is 3.24. The first-order valence-electron chi connectivity index (χ1n) is 7.80. The molecule has 1 aromatic carbocycles. The van der Waals surface area contributed by atoms with Gasteiger partial charge in [-0.15, -0.1) is 0 Å². The summed E-state index contributed by atoms with van der Waals surface area (Å²) in [6.45, 7) is -0.199. The number of hydrogen-bond donors (Lipinski definition) is 1. The van der Waals surface area contributed by atoms with Crippen LogP contribution >= 0.6 is 0 Å². The number of piperidine rings is 1. The van der Waals surface area contributed by atoms with Crippen molar-refractivity contribution in [1.29, 1.82) is 0 Å². The van der Waals surface area contributed by atoms with E-state index in [1.807, 2.05) is 0 Å². The second-order valence-electron chi connectivity index (χ2n) is 5.99. The van der Waals surface area contributed by atoms with Crippen molar-refractivity contribution in [2.24, 2.45) is 5.92 Å². The van der Waals surface area contributed by atoms with Crippen LogP contribution in [0.1, 0.15) is 28.8 Å². The fourth-order valence-corrected chi connectivity index (χ4v) is 2.78. The topological polar surface area (TPSA) is 49.4 Å². The van der Waals surface area contributed by atoms with Gasteiger partial charge in [-0.2, -0.15) is 26.3 Å². The van der Waals surface area contributed by atoms with E-state index in [9.17, 15) is 35.9 Å². The van der Waals surface area contributed by atoms with Crippen LogP contribution in [-0.2, 0) is 11.0 Å². The Labute approximate surface area is 145 Å². The average Bonchev–Trinajstić information content (AvgIpc) is 2.58. The van der Waals surface area contributed by atoms with E-state index in [1.54, 1.807) is 0 Å². The maximum Gasteiger partial charge on any atom is 0.471 e. The zero-order chi connectivity index (χ0) is 19.5. The maximum absolute atomic E-state index is 12.9. The zero-order valence-corrected chi connectivity index (χ0v) is 13.5. The fraction of sp³-hybridized carbons (Fsp3) is 0.500. The van der Waals surface area contributed by atoms with Crippen molar-refractivity contribution in [3.8, 4) is 0 Å². The number of nitrogens with zero attached hydrogens (tertiary/aromatic N) is 1. The minimum absolute atomic E-state index is 0.0269. The van der Waals surface area contributed by atoms with E-state index >= 15 is 0 Å². The molecular formula is C16H16F6N2O2. The number of rotatable bonds is 3. The SMILES string of the molecule is O=C(NCC1CCN(C(=O)C(F)(F)F)CC1)c1ccccc1C(F)(F)F. The van der Waals surface area contributed by atoms with Crippen LogP contribution in [0.25, 0.3) is 0 Å². The lowest BCUT2D eigenvalue weighted by Crippen LogP contribution is -2.46. The smallest absolute Gasteiger partial charge is 0.352 e. The molecule has 26 heavy (non-hydrogen) atoms. The molecule has 1 aromatic rings. The number of nitrogens with one attached hydrogen (secondary N) is 1. The maximum atomic E-state index is 12.9. The Bertz CT molecular complexity index is 663. The quantitative estimate of drug-likeness (QED) is 0.816. The van der Waals surface area contributed by atoms with E-state index in [-0.39, 0.29) is 38.4 Å². The van der Waals surface area contributed by atoms with Gasteiger partial charge in [-0.3, -0.25) is 9.59 Å². The number of likely N-dealkylation sites (tertiary alicyclic amines) is 1. The Kier molecular flexibility index (Phi) is 5.82. The van der Waals surface area contributed by atoms with Crippen LogP contribution in [0.5, 0.6) is 0 Å². The lowest BCUT2D eigenvalue weighted by molar-refractivity contribution is -0.186. The highest BCUT2D eigenvalue weighted by Gasteiger charge is 2.43. The van der Waals surface area contributed by atoms with Gasteiger partial charge >= 0.3 is 18.3 Å². The zero-order valence-electron chi connectivity index (χ0n) is 13.5. The predicted molar refractivity (Wildman–Crippen MR) is 79.1 cm³/mol. The lowest BCUT2D eigenvalue weighted by Gasteiger charge is -2.32. The first-order valence-corrected chi connectivity index (χ1v) is 7.80. The first-order chi connectivity index (χ1) is 12.0. The number of carbonyl (C=O) groups is 2. The monoisotopic (exact) mass is 382 g/mol. The summed E-state index contributed by atoms with van der Waals surface area (Å²) in [4.78, 5) is 23.9. The number of hydrogen-bond acceptors (Lipinski definition) is 2. The van der Waals surface area contributed by atoms with Crippen LogP contribution in [0.2, 0.25) is 0 Å². The molecule has 10 heteroatoms. The average molecular weight is 382 g/mol. The lowest BCUT2D eigenvalue weighted by atomic mass is 9.96. The van der Waals surface area contributed by atoms with Crippen LogP contribution in [0.15, 0.2) is 24.3 Å². The van der Waals surface area contributed by atoms with Crippen LogP contribution in [-0.4, -0.2) is 42.5 Å². The van der Waals surface area contributed by atoms with Crippen molar-refractivity contribution in [3.05, 3.63) is 35.4 Å². The molecule has 0 atom stereocenters. The van der Waals surface area contributed by atoms with Crippen molar-refractivity contribution in [2.75, 3.05) is 19.6 Å². The molecule has 1 aliphatic rings. The number of carbonyl (C=O) groups excluding carboxylic acids is 2. The highest BCUT2D eigenvalue weighted by atomic mass is 19.4. The van der Waals surface area contributed by atoms with Gasteiger partial charge in [0.2, 0.25) is 0 Å². The van der Waals surface area contributed by atoms with Gasteiger partial charge in [0.25, 0.3) is 5.91 Å². The van der Waals surface area contributed by atoms with Crippen molar-refractivity contribution in [1.82, 2.24) is 10.2 Å². The summed E-state index contributed by atoms with van der Waals surface area (Å²) in [6.07, 6.45) is -9.15. The van der Waals surface area contributed by atoms with Gasteiger partial charge < -0.3 is 10.2 Å². The van der Waals surface area contributed by atoms with E-state index < -0.39 is 35.3 Å². The third-order valence-corrected chi connectivity index (χ3v) is 4.17. The number of benzene rings is 1. The second kappa shape index (κ2) is 7.55. The van der Waals surface area contributed by atoms with Crippen LogP contribution < -0.4 is 5.32 Å². The van der Waals surface area contributed by atoms with E-state index in [4.69, 9.17) is 0 Å². The molecule has 2 amide bonds. The summed E-state index contributed by atoms with van der Waals surface area (Å²) in [5.41, 5.74) is -1.56. The molecule has 4 nitrogen and oxygen atoms in total. The van der Waals surface area contributed by atoms with Gasteiger partial charge in [0, 0.05) is 19.6 Å². The molecule has 0 saturated carbocycles. The number of amides is 2. The molecule has 0 unspecified atom stereocenters. The summed E-state index contributed by atoms with van der Waals surface area (Å²) < 4.78 is 75.8. The van der Waals surface area contributed by atoms with Crippen LogP contribution in [0.4, 0.5) is 26.3 Å². The number of alkyl halides is 6. The molecule has 0 bridgehead atoms. The van der Waals surface area contributed by atoms with Gasteiger partial charge in [0.15, 0.2) is 0 Å². The van der Waals surface area contributed by atoms with Gasteiger partial charge in [-0.05, 0) is 30.9 Å². The fourth-order valence-electron chi connectivity index (χ4n) is 2.78. The van der Waals surface area contributed by atoms with Crippen molar-refractivity contribution < 1.29 is 35.9 Å². The van der Waals surface area contributed by atoms with Gasteiger partial charge in [0.05, 0.1) is 11.1 Å². The summed E-state index contributed by atoms with van der Waals surface area (Å²) in [5.74, 6) is -3.01. The normalized spacial score (nSPS) is 16.5. The summed E-state index contributed by atoms with van der Waals surface area (Å²) in [6, 6.07) is 4.34. The van der Waals surface area contributed by atoms with Gasteiger partial charge in [-0.1, -0.05) is 12.1 Å². The molecule has 1 N–H and O–H groups in total. The second-order valence-corrected chi connectivity index (χ2v) is 5.99. The Morgan fingerprint density at radius 1 is 1.04 bits per heavy atom. The van der Waals surface area contributed by atoms with E-state index in [0.29, 0.717) is 4.90 Å².